The molecule has 0 radical (unpaired) electrons. The van der Waals surface area contributed by atoms with Gasteiger partial charge in [-0.05, 0) is 19.4 Å². The average molecular weight is 260 g/mol. The first kappa shape index (κ1) is 13.5. The highest BCUT2D eigenvalue weighted by Gasteiger charge is 2.74. The Morgan fingerprint density at radius 1 is 1.32 bits per heavy atom. The molecule has 1 aliphatic carbocycles. The zero-order valence-corrected chi connectivity index (χ0v) is 11.0. The number of carbonyl (C=O) groups is 3. The molecule has 0 aromatic heterocycles. The van der Waals surface area contributed by atoms with Gasteiger partial charge >= 0.3 is 5.97 Å². The summed E-state index contributed by atoms with van der Waals surface area (Å²) in [5.74, 6) is -1.92. The van der Waals surface area contributed by atoms with E-state index in [-0.39, 0.29) is 12.4 Å². The molecule has 1 aliphatic rings. The molecule has 2 rings (SSSR count). The van der Waals surface area contributed by atoms with E-state index in [1.165, 1.54) is 6.92 Å². The summed E-state index contributed by atoms with van der Waals surface area (Å²) in [5, 5.41) is 0. The van der Waals surface area contributed by atoms with Gasteiger partial charge in [0.2, 0.25) is 0 Å². The molecule has 0 heterocycles. The summed E-state index contributed by atoms with van der Waals surface area (Å²) in [7, 11) is 0. The van der Waals surface area contributed by atoms with Gasteiger partial charge in [0.25, 0.3) is 0 Å². The van der Waals surface area contributed by atoms with Crippen LogP contribution in [0.4, 0.5) is 0 Å². The fourth-order valence-electron chi connectivity index (χ4n) is 2.84. The van der Waals surface area contributed by atoms with E-state index in [0.717, 1.165) is 5.56 Å². The zero-order valence-electron chi connectivity index (χ0n) is 11.0. The van der Waals surface area contributed by atoms with Gasteiger partial charge in [-0.3, -0.25) is 9.59 Å². The topological polar surface area (TPSA) is 60.4 Å². The van der Waals surface area contributed by atoms with Crippen molar-refractivity contribution in [1.29, 1.82) is 0 Å². The molecule has 1 fully saturated rings. The molecule has 0 aliphatic heterocycles. The Morgan fingerprint density at radius 3 is 2.42 bits per heavy atom. The predicted molar refractivity (Wildman–Crippen MR) is 68.5 cm³/mol. The number of Topliss-reactive ketones (excluding diaryl/α,β-unsaturated/α-hetero) is 1. The van der Waals surface area contributed by atoms with E-state index in [4.69, 9.17) is 4.74 Å². The Bertz CT molecular complexity index is 508. The first-order valence-corrected chi connectivity index (χ1v) is 6.29. The molecule has 4 nitrogen and oxygen atoms in total. The van der Waals surface area contributed by atoms with Gasteiger partial charge in [0.1, 0.15) is 17.5 Å². The molecule has 1 saturated carbocycles. The minimum Gasteiger partial charge on any atom is -0.465 e. The monoisotopic (exact) mass is 260 g/mol. The molecule has 1 aromatic carbocycles. The van der Waals surface area contributed by atoms with Crippen LogP contribution in [0.2, 0.25) is 0 Å². The van der Waals surface area contributed by atoms with E-state index >= 15 is 0 Å². The van der Waals surface area contributed by atoms with E-state index in [1.54, 1.807) is 6.92 Å². The van der Waals surface area contributed by atoms with Gasteiger partial charge < -0.3 is 9.53 Å². The fourth-order valence-corrected chi connectivity index (χ4v) is 2.84. The van der Waals surface area contributed by atoms with Crippen LogP contribution in [-0.2, 0) is 19.1 Å². The number of benzene rings is 1. The number of aldehydes is 1. The smallest absolute Gasteiger partial charge is 0.321 e. The number of ketones is 1. The summed E-state index contributed by atoms with van der Waals surface area (Å²) in [6.45, 7) is 3.22. The predicted octanol–water partition coefficient (Wildman–Crippen LogP) is 1.74. The summed E-state index contributed by atoms with van der Waals surface area (Å²) < 4.78 is 5.00. The van der Waals surface area contributed by atoms with E-state index in [1.807, 2.05) is 30.3 Å². The molecule has 0 N–H and O–H groups in total. The lowest BCUT2D eigenvalue weighted by Crippen LogP contribution is -2.29. The molecule has 0 saturated heterocycles. The Balaban J connectivity index is 2.42. The number of hydrogen-bond acceptors (Lipinski definition) is 4. The molecule has 0 bridgehead atoms. The van der Waals surface area contributed by atoms with Gasteiger partial charge in [-0.15, -0.1) is 0 Å². The van der Waals surface area contributed by atoms with Crippen molar-refractivity contribution in [2.75, 3.05) is 6.61 Å². The molecule has 0 amide bonds. The Morgan fingerprint density at radius 2 is 1.95 bits per heavy atom. The van der Waals surface area contributed by atoms with Gasteiger partial charge in [-0.25, -0.2) is 0 Å². The van der Waals surface area contributed by atoms with Crippen LogP contribution in [0.15, 0.2) is 30.3 Å². The largest absolute Gasteiger partial charge is 0.465 e. The highest BCUT2D eigenvalue weighted by molar-refractivity contribution is 6.11. The van der Waals surface area contributed by atoms with Crippen LogP contribution < -0.4 is 0 Å². The summed E-state index contributed by atoms with van der Waals surface area (Å²) in [6, 6.07) is 9.15. The Labute approximate surface area is 111 Å². The second kappa shape index (κ2) is 4.96. The van der Waals surface area contributed by atoms with Crippen molar-refractivity contribution in [2.45, 2.75) is 19.8 Å². The first-order valence-electron chi connectivity index (χ1n) is 6.29. The lowest BCUT2D eigenvalue weighted by atomic mass is 9.94. The van der Waals surface area contributed by atoms with E-state index in [2.05, 4.69) is 0 Å². The number of hydrogen-bond donors (Lipinski definition) is 0. The summed E-state index contributed by atoms with van der Waals surface area (Å²) in [6.07, 6.45) is 0.690. The maximum absolute atomic E-state index is 12.1. The van der Waals surface area contributed by atoms with Gasteiger partial charge in [-0.1, -0.05) is 30.3 Å². The normalized spacial score (nSPS) is 28.5. The number of ether oxygens (including phenoxy) is 1. The van der Waals surface area contributed by atoms with Crippen LogP contribution >= 0.6 is 0 Å². The number of rotatable bonds is 5. The average Bonchev–Trinajstić information content (AvgIpc) is 3.10. The molecular formula is C15H16O4. The van der Waals surface area contributed by atoms with Gasteiger partial charge in [0, 0.05) is 11.8 Å². The van der Waals surface area contributed by atoms with Crippen LogP contribution in [0.5, 0.6) is 0 Å². The highest BCUT2D eigenvalue weighted by atomic mass is 16.5. The molecule has 0 spiro atoms. The molecule has 4 heteroatoms. The fraction of sp³-hybridized carbons (Fsp3) is 0.400. The van der Waals surface area contributed by atoms with Crippen molar-refractivity contribution >= 4 is 18.0 Å². The third-order valence-electron chi connectivity index (χ3n) is 3.77. The molecule has 19 heavy (non-hydrogen) atoms. The van der Waals surface area contributed by atoms with Crippen molar-refractivity contribution < 1.29 is 19.1 Å². The van der Waals surface area contributed by atoms with Crippen LogP contribution in [0, 0.1) is 11.3 Å². The second-order valence-electron chi connectivity index (χ2n) is 4.70. The molecule has 1 unspecified atom stereocenters. The lowest BCUT2D eigenvalue weighted by molar-refractivity contribution is -0.154. The highest BCUT2D eigenvalue weighted by Crippen LogP contribution is 2.65. The summed E-state index contributed by atoms with van der Waals surface area (Å²) >= 11 is 0. The van der Waals surface area contributed by atoms with E-state index < -0.39 is 23.2 Å². The van der Waals surface area contributed by atoms with Crippen molar-refractivity contribution in [3.8, 4) is 0 Å². The third-order valence-corrected chi connectivity index (χ3v) is 3.77. The molecule has 100 valence electrons. The Hall–Kier alpha value is -1.97. The minimum absolute atomic E-state index is 0.195. The van der Waals surface area contributed by atoms with Crippen molar-refractivity contribution in [1.82, 2.24) is 0 Å². The van der Waals surface area contributed by atoms with Crippen molar-refractivity contribution in [3.63, 3.8) is 0 Å². The SMILES string of the molecule is CCOC(=O)[C@@]1(C(C)=O)C(C=O)[C@H]1c1ccccc1. The Kier molecular flexibility index (Phi) is 3.51. The van der Waals surface area contributed by atoms with Gasteiger partial charge in [0.15, 0.2) is 0 Å². The minimum atomic E-state index is -1.32. The number of esters is 1. The zero-order chi connectivity index (χ0) is 14.0. The standard InChI is InChI=1S/C15H16O4/c1-3-19-14(18)15(10(2)17)12(9-16)13(15)11-7-5-4-6-8-11/h4-9,12-13H,3H2,1-2H3/t12?,13-,15+/m1/s1. The quantitative estimate of drug-likeness (QED) is 0.459. The molecular weight excluding hydrogens is 244 g/mol. The summed E-state index contributed by atoms with van der Waals surface area (Å²) in [4.78, 5) is 35.3. The first-order chi connectivity index (χ1) is 9.10. The third kappa shape index (κ3) is 1.87. The maximum atomic E-state index is 12.1. The summed E-state index contributed by atoms with van der Waals surface area (Å²) in [5.41, 5.74) is -0.498. The maximum Gasteiger partial charge on any atom is 0.321 e. The van der Waals surface area contributed by atoms with Crippen LogP contribution in [0.3, 0.4) is 0 Å². The van der Waals surface area contributed by atoms with Crippen molar-refractivity contribution in [2.24, 2.45) is 11.3 Å². The van der Waals surface area contributed by atoms with E-state index in [0.29, 0.717) is 6.29 Å². The van der Waals surface area contributed by atoms with Crippen LogP contribution in [-0.4, -0.2) is 24.6 Å². The van der Waals surface area contributed by atoms with Crippen molar-refractivity contribution in [3.05, 3.63) is 35.9 Å². The van der Waals surface area contributed by atoms with Crippen LogP contribution in [0.1, 0.15) is 25.3 Å². The lowest BCUT2D eigenvalue weighted by Gasteiger charge is -2.12. The second-order valence-corrected chi connectivity index (χ2v) is 4.70. The van der Waals surface area contributed by atoms with E-state index in [9.17, 15) is 14.4 Å². The van der Waals surface area contributed by atoms with Gasteiger partial charge in [0.05, 0.1) is 6.61 Å². The molecule has 1 aromatic rings. The van der Waals surface area contributed by atoms with Crippen LogP contribution in [0.25, 0.3) is 0 Å². The molecule has 3 atom stereocenters. The number of carbonyl (C=O) groups excluding carboxylic acids is 3. The van der Waals surface area contributed by atoms with Gasteiger partial charge in [-0.2, -0.15) is 0 Å².